The number of ketones is 1. The Morgan fingerprint density at radius 3 is 2.93 bits per heavy atom. The number of nitrogens with zero attached hydrogens (tertiary/aromatic N) is 5. The van der Waals surface area contributed by atoms with E-state index in [0.29, 0.717) is 17.0 Å². The highest BCUT2D eigenvalue weighted by molar-refractivity contribution is 5.94. The van der Waals surface area contributed by atoms with Gasteiger partial charge >= 0.3 is 0 Å². The molecular formula is C9H8N5O. The second-order valence-electron chi connectivity index (χ2n) is 3.07. The van der Waals surface area contributed by atoms with E-state index in [1.54, 1.807) is 19.3 Å². The van der Waals surface area contributed by atoms with Gasteiger partial charge in [0, 0.05) is 24.4 Å². The Labute approximate surface area is 85.9 Å². The van der Waals surface area contributed by atoms with Crippen molar-refractivity contribution in [1.29, 1.82) is 0 Å². The first-order chi connectivity index (χ1) is 7.18. The minimum absolute atomic E-state index is 0.0838. The van der Waals surface area contributed by atoms with Crippen molar-refractivity contribution in [3.05, 3.63) is 24.0 Å². The Balaban J connectivity index is 2.50. The number of tetrazole rings is 1. The minimum atomic E-state index is -0.0838. The van der Waals surface area contributed by atoms with Crippen LogP contribution in [0.2, 0.25) is 0 Å². The molecule has 2 heterocycles. The average Bonchev–Trinajstić information content (AvgIpc) is 2.64. The third kappa shape index (κ3) is 1.74. The van der Waals surface area contributed by atoms with E-state index >= 15 is 0 Å². The molecule has 0 aliphatic carbocycles. The third-order valence-corrected chi connectivity index (χ3v) is 1.95. The first kappa shape index (κ1) is 9.45. The molecule has 0 saturated carbocycles. The van der Waals surface area contributed by atoms with Crippen molar-refractivity contribution in [2.24, 2.45) is 7.05 Å². The van der Waals surface area contributed by atoms with Crippen molar-refractivity contribution in [1.82, 2.24) is 25.2 Å². The van der Waals surface area contributed by atoms with Gasteiger partial charge in [-0.25, -0.2) is 4.68 Å². The quantitative estimate of drug-likeness (QED) is 0.654. The molecule has 0 fully saturated rings. The molecule has 2 rings (SSSR count). The van der Waals surface area contributed by atoms with Gasteiger partial charge in [0.1, 0.15) is 6.20 Å². The van der Waals surface area contributed by atoms with Crippen molar-refractivity contribution < 1.29 is 4.79 Å². The van der Waals surface area contributed by atoms with E-state index < -0.39 is 0 Å². The van der Waals surface area contributed by atoms with Crippen LogP contribution in [0.15, 0.2) is 12.3 Å². The van der Waals surface area contributed by atoms with Crippen LogP contribution < -0.4 is 0 Å². The van der Waals surface area contributed by atoms with Crippen LogP contribution in [0.4, 0.5) is 0 Å². The lowest BCUT2D eigenvalue weighted by Gasteiger charge is -1.99. The van der Waals surface area contributed by atoms with Crippen molar-refractivity contribution in [2.45, 2.75) is 6.92 Å². The van der Waals surface area contributed by atoms with Gasteiger partial charge in [0.2, 0.25) is 0 Å². The van der Waals surface area contributed by atoms with Crippen LogP contribution in [-0.4, -0.2) is 31.0 Å². The highest BCUT2D eigenvalue weighted by Crippen LogP contribution is 2.14. The molecule has 0 aliphatic heterocycles. The predicted molar refractivity (Wildman–Crippen MR) is 50.9 cm³/mol. The first-order valence-corrected chi connectivity index (χ1v) is 4.30. The van der Waals surface area contributed by atoms with Gasteiger partial charge in [0.05, 0.1) is 0 Å². The molecule has 1 radical (unpaired) electrons. The summed E-state index contributed by atoms with van der Waals surface area (Å²) in [4.78, 5) is 15.0. The van der Waals surface area contributed by atoms with Crippen molar-refractivity contribution in [3.8, 4) is 11.4 Å². The molecule has 0 aliphatic rings. The molecule has 2 aromatic heterocycles. The highest BCUT2D eigenvalue weighted by atomic mass is 16.1. The summed E-state index contributed by atoms with van der Waals surface area (Å²) in [6.07, 6.45) is 4.18. The summed E-state index contributed by atoms with van der Waals surface area (Å²) in [7, 11) is 1.72. The third-order valence-electron chi connectivity index (χ3n) is 1.95. The number of rotatable bonds is 2. The second kappa shape index (κ2) is 3.56. The van der Waals surface area contributed by atoms with E-state index in [2.05, 4.69) is 26.7 Å². The Bertz CT molecular complexity index is 505. The summed E-state index contributed by atoms with van der Waals surface area (Å²) < 4.78 is 1.51. The second-order valence-corrected chi connectivity index (χ2v) is 3.07. The highest BCUT2D eigenvalue weighted by Gasteiger charge is 2.08. The lowest BCUT2D eigenvalue weighted by Crippen LogP contribution is -1.98. The van der Waals surface area contributed by atoms with Gasteiger partial charge in [0.25, 0.3) is 0 Å². The van der Waals surface area contributed by atoms with Gasteiger partial charge in [-0.3, -0.25) is 9.78 Å². The van der Waals surface area contributed by atoms with Crippen LogP contribution in [0.3, 0.4) is 0 Å². The smallest absolute Gasteiger partial charge is 0.183 e. The van der Waals surface area contributed by atoms with E-state index in [1.807, 2.05) is 0 Å². The number of carbonyl (C=O) groups excluding carboxylic acids is 1. The number of Topliss-reactive ketones (excluding diaryl/α,β-unsaturated/α-hetero) is 1. The summed E-state index contributed by atoms with van der Waals surface area (Å²) >= 11 is 0. The zero-order valence-corrected chi connectivity index (χ0v) is 8.30. The van der Waals surface area contributed by atoms with Gasteiger partial charge in [-0.1, -0.05) is 0 Å². The molecule has 2 aromatic rings. The molecule has 6 nitrogen and oxygen atoms in total. The standard InChI is InChI=1S/C9H8N5O/c1-6(15)7-3-8(5-10-4-7)9-11-12-13-14(9)2/h3,5H,1-2H3. The summed E-state index contributed by atoms with van der Waals surface area (Å²) in [5.74, 6) is 0.485. The zero-order chi connectivity index (χ0) is 10.8. The average molecular weight is 202 g/mol. The fourth-order valence-corrected chi connectivity index (χ4v) is 1.17. The molecule has 0 atom stereocenters. The predicted octanol–water partition coefficient (Wildman–Crippen LogP) is 0.275. The molecule has 0 bridgehead atoms. The number of aromatic nitrogens is 5. The Morgan fingerprint density at radius 1 is 1.53 bits per heavy atom. The van der Waals surface area contributed by atoms with Crippen LogP contribution in [0.5, 0.6) is 0 Å². The summed E-state index contributed by atoms with van der Waals surface area (Å²) in [5.41, 5.74) is 1.13. The van der Waals surface area contributed by atoms with Gasteiger partial charge in [-0.15, -0.1) is 5.10 Å². The lowest BCUT2D eigenvalue weighted by molar-refractivity contribution is 0.101. The Morgan fingerprint density at radius 2 is 2.33 bits per heavy atom. The number of pyridine rings is 1. The normalized spacial score (nSPS) is 10.3. The van der Waals surface area contributed by atoms with Crippen LogP contribution in [-0.2, 0) is 7.05 Å². The summed E-state index contributed by atoms with van der Waals surface area (Å²) in [6.45, 7) is 1.46. The fourth-order valence-electron chi connectivity index (χ4n) is 1.17. The number of carbonyl (C=O) groups is 1. The molecule has 0 amide bonds. The van der Waals surface area contributed by atoms with Gasteiger partial charge in [-0.05, 0) is 23.4 Å². The van der Waals surface area contributed by atoms with Crippen LogP contribution >= 0.6 is 0 Å². The van der Waals surface area contributed by atoms with E-state index in [4.69, 9.17) is 0 Å². The maximum Gasteiger partial charge on any atom is 0.183 e. The Hall–Kier alpha value is -2.11. The minimum Gasteiger partial charge on any atom is -0.294 e. The lowest BCUT2D eigenvalue weighted by atomic mass is 10.1. The van der Waals surface area contributed by atoms with Gasteiger partial charge in [-0.2, -0.15) is 0 Å². The van der Waals surface area contributed by atoms with E-state index in [0.717, 1.165) is 0 Å². The van der Waals surface area contributed by atoms with Gasteiger partial charge in [0.15, 0.2) is 11.6 Å². The fraction of sp³-hybridized carbons (Fsp3) is 0.222. The molecule has 0 aromatic carbocycles. The molecule has 0 saturated heterocycles. The largest absolute Gasteiger partial charge is 0.294 e. The first-order valence-electron chi connectivity index (χ1n) is 4.30. The van der Waals surface area contributed by atoms with Crippen LogP contribution in [0.1, 0.15) is 17.3 Å². The van der Waals surface area contributed by atoms with Crippen LogP contribution in [0, 0.1) is 6.20 Å². The van der Waals surface area contributed by atoms with E-state index in [-0.39, 0.29) is 5.78 Å². The van der Waals surface area contributed by atoms with E-state index in [9.17, 15) is 4.79 Å². The number of hydrogen-bond acceptors (Lipinski definition) is 5. The van der Waals surface area contributed by atoms with Gasteiger partial charge < -0.3 is 0 Å². The maximum atomic E-state index is 11.1. The summed E-state index contributed by atoms with van der Waals surface area (Å²) in [6, 6.07) is 1.67. The molecule has 15 heavy (non-hydrogen) atoms. The van der Waals surface area contributed by atoms with Crippen molar-refractivity contribution >= 4 is 5.78 Å². The molecule has 6 heteroatoms. The molecule has 0 N–H and O–H groups in total. The molecule has 75 valence electrons. The Kier molecular flexibility index (Phi) is 2.24. The van der Waals surface area contributed by atoms with Crippen LogP contribution in [0.25, 0.3) is 11.4 Å². The monoisotopic (exact) mass is 202 g/mol. The SMILES string of the molecule is CC(=O)c1[c]ncc(-c2nnnn2C)c1. The molecular weight excluding hydrogens is 194 g/mol. The van der Waals surface area contributed by atoms with Crippen molar-refractivity contribution in [3.63, 3.8) is 0 Å². The molecule has 0 spiro atoms. The number of aryl methyl sites for hydroxylation is 1. The molecule has 0 unspecified atom stereocenters. The number of hydrogen-bond donors (Lipinski definition) is 0. The van der Waals surface area contributed by atoms with Crippen molar-refractivity contribution in [2.75, 3.05) is 0 Å². The maximum absolute atomic E-state index is 11.1. The zero-order valence-electron chi connectivity index (χ0n) is 8.30. The van der Waals surface area contributed by atoms with E-state index in [1.165, 1.54) is 11.6 Å². The topological polar surface area (TPSA) is 73.6 Å². The summed E-state index contributed by atoms with van der Waals surface area (Å²) in [5, 5.41) is 11.0.